The van der Waals surface area contributed by atoms with Crippen molar-refractivity contribution in [2.75, 3.05) is 11.9 Å². The van der Waals surface area contributed by atoms with Crippen LogP contribution in [0.2, 0.25) is 0 Å². The summed E-state index contributed by atoms with van der Waals surface area (Å²) in [6.07, 6.45) is 3.78. The Hall–Kier alpha value is -2.44. The molecular formula is C27H29Cl2N3OS. The average Bonchev–Trinajstić information content (AvgIpc) is 3.29. The van der Waals surface area contributed by atoms with Crippen molar-refractivity contribution in [2.24, 2.45) is 0 Å². The quantitative estimate of drug-likeness (QED) is 0.301. The number of benzene rings is 3. The molecule has 2 heterocycles. The van der Waals surface area contributed by atoms with E-state index in [4.69, 9.17) is 0 Å². The van der Waals surface area contributed by atoms with Gasteiger partial charge < -0.3 is 5.32 Å². The van der Waals surface area contributed by atoms with Crippen molar-refractivity contribution >= 4 is 58.0 Å². The van der Waals surface area contributed by atoms with Gasteiger partial charge in [0.25, 0.3) is 5.91 Å². The molecule has 1 amide bonds. The Balaban J connectivity index is 0.00000162. The zero-order chi connectivity index (χ0) is 21.9. The molecule has 4 aromatic rings. The number of likely N-dealkylation sites (tertiary alicyclic amines) is 1. The van der Waals surface area contributed by atoms with E-state index in [0.717, 1.165) is 29.0 Å². The third-order valence-corrected chi connectivity index (χ3v) is 7.16. The number of hydrogen-bond acceptors (Lipinski definition) is 4. The lowest BCUT2D eigenvalue weighted by molar-refractivity contribution is 0.102. The molecule has 1 aromatic heterocycles. The second kappa shape index (κ2) is 11.8. The standard InChI is InChI=1S/C27H27N3OS.2ClH/c1-19-7-5-6-14-30(19)17-22-15-21(10-12-24(22)20-8-3-2-4-9-20)27(31)29-23-11-13-26-25(16-23)28-18-32-26;;/h2-4,8-13,15-16,18-19H,5-7,14,17H2,1H3,(H,29,31);2*1H. The number of piperidine rings is 1. The SMILES string of the molecule is CC1CCCCN1Cc1cc(C(=O)Nc2ccc3scnc3c2)ccc1-c1ccccc1.Cl.Cl. The van der Waals surface area contributed by atoms with Crippen LogP contribution in [0.3, 0.4) is 0 Å². The number of nitrogens with zero attached hydrogens (tertiary/aromatic N) is 2. The van der Waals surface area contributed by atoms with Crippen molar-refractivity contribution in [1.82, 2.24) is 9.88 Å². The number of carbonyl (C=O) groups is 1. The summed E-state index contributed by atoms with van der Waals surface area (Å²) < 4.78 is 1.12. The fourth-order valence-electron chi connectivity index (χ4n) is 4.52. The average molecular weight is 515 g/mol. The van der Waals surface area contributed by atoms with E-state index >= 15 is 0 Å². The van der Waals surface area contributed by atoms with Gasteiger partial charge in [0.15, 0.2) is 0 Å². The Kier molecular flexibility index (Phi) is 9.09. The first kappa shape index (κ1) is 26.2. The maximum atomic E-state index is 13.1. The molecule has 1 saturated heterocycles. The molecular weight excluding hydrogens is 485 g/mol. The number of thiazole rings is 1. The largest absolute Gasteiger partial charge is 0.322 e. The van der Waals surface area contributed by atoms with Crippen molar-refractivity contribution in [1.29, 1.82) is 0 Å². The minimum Gasteiger partial charge on any atom is -0.322 e. The summed E-state index contributed by atoms with van der Waals surface area (Å²) in [6, 6.07) is 23.0. The number of fused-ring (bicyclic) bond motifs is 1. The number of halogens is 2. The molecule has 0 aliphatic carbocycles. The van der Waals surface area contributed by atoms with E-state index in [2.05, 4.69) is 58.5 Å². The molecule has 34 heavy (non-hydrogen) atoms. The third kappa shape index (κ3) is 5.78. The number of rotatable bonds is 5. The summed E-state index contributed by atoms with van der Waals surface area (Å²) in [5.41, 5.74) is 7.78. The fraction of sp³-hybridized carbons (Fsp3) is 0.259. The van der Waals surface area contributed by atoms with Gasteiger partial charge >= 0.3 is 0 Å². The zero-order valence-corrected chi connectivity index (χ0v) is 21.5. The number of anilines is 1. The van der Waals surface area contributed by atoms with E-state index in [0.29, 0.717) is 11.6 Å². The van der Waals surface area contributed by atoms with Gasteiger partial charge in [-0.2, -0.15) is 0 Å². The molecule has 0 spiro atoms. The second-order valence-corrected chi connectivity index (χ2v) is 9.43. The van der Waals surface area contributed by atoms with E-state index in [9.17, 15) is 4.79 Å². The molecule has 0 saturated carbocycles. The highest BCUT2D eigenvalue weighted by Crippen LogP contribution is 2.29. The normalized spacial score (nSPS) is 15.9. The van der Waals surface area contributed by atoms with Gasteiger partial charge in [0.05, 0.1) is 15.7 Å². The number of amides is 1. The van der Waals surface area contributed by atoms with Crippen LogP contribution in [0.5, 0.6) is 0 Å². The highest BCUT2D eigenvalue weighted by molar-refractivity contribution is 7.16. The second-order valence-electron chi connectivity index (χ2n) is 8.54. The van der Waals surface area contributed by atoms with Crippen LogP contribution in [0.4, 0.5) is 5.69 Å². The lowest BCUT2D eigenvalue weighted by atomic mass is 9.95. The molecule has 1 atom stereocenters. The zero-order valence-electron chi connectivity index (χ0n) is 19.1. The molecule has 1 aliphatic rings. The van der Waals surface area contributed by atoms with E-state index in [1.165, 1.54) is 36.0 Å². The maximum Gasteiger partial charge on any atom is 0.255 e. The number of nitrogens with one attached hydrogen (secondary N) is 1. The van der Waals surface area contributed by atoms with Crippen LogP contribution >= 0.6 is 36.2 Å². The van der Waals surface area contributed by atoms with Crippen LogP contribution in [0, 0.1) is 0 Å². The van der Waals surface area contributed by atoms with Gasteiger partial charge in [-0.25, -0.2) is 4.98 Å². The monoisotopic (exact) mass is 513 g/mol. The molecule has 1 unspecified atom stereocenters. The number of aromatic nitrogens is 1. The van der Waals surface area contributed by atoms with Crippen molar-refractivity contribution in [3.05, 3.63) is 83.4 Å². The fourth-order valence-corrected chi connectivity index (χ4v) is 5.17. The lowest BCUT2D eigenvalue weighted by Crippen LogP contribution is -2.36. The van der Waals surface area contributed by atoms with E-state index in [1.807, 2.05) is 35.8 Å². The van der Waals surface area contributed by atoms with Gasteiger partial charge in [-0.1, -0.05) is 42.8 Å². The minimum atomic E-state index is -0.0906. The smallest absolute Gasteiger partial charge is 0.255 e. The van der Waals surface area contributed by atoms with Crippen LogP contribution < -0.4 is 5.32 Å². The van der Waals surface area contributed by atoms with Crippen LogP contribution in [0.15, 0.2) is 72.2 Å². The van der Waals surface area contributed by atoms with Crippen LogP contribution in [0.1, 0.15) is 42.1 Å². The highest BCUT2D eigenvalue weighted by atomic mass is 35.5. The molecule has 0 bridgehead atoms. The minimum absolute atomic E-state index is 0. The van der Waals surface area contributed by atoms with Crippen molar-refractivity contribution in [3.63, 3.8) is 0 Å². The summed E-state index contributed by atoms with van der Waals surface area (Å²) in [6.45, 7) is 4.28. The van der Waals surface area contributed by atoms with Crippen molar-refractivity contribution in [3.8, 4) is 11.1 Å². The van der Waals surface area contributed by atoms with Gasteiger partial charge in [-0.05, 0) is 73.3 Å². The molecule has 7 heteroatoms. The Labute approximate surface area is 217 Å². The Morgan fingerprint density at radius 1 is 1.06 bits per heavy atom. The Morgan fingerprint density at radius 2 is 1.88 bits per heavy atom. The summed E-state index contributed by atoms with van der Waals surface area (Å²) in [7, 11) is 0. The first-order chi connectivity index (χ1) is 15.7. The topological polar surface area (TPSA) is 45.2 Å². The van der Waals surface area contributed by atoms with E-state index in [-0.39, 0.29) is 30.7 Å². The predicted molar refractivity (Wildman–Crippen MR) is 148 cm³/mol. The first-order valence-electron chi connectivity index (χ1n) is 11.2. The van der Waals surface area contributed by atoms with Gasteiger partial charge in [0.2, 0.25) is 0 Å². The van der Waals surface area contributed by atoms with Crippen molar-refractivity contribution < 1.29 is 4.79 Å². The summed E-state index contributed by atoms with van der Waals surface area (Å²) in [5, 5.41) is 3.05. The van der Waals surface area contributed by atoms with E-state index < -0.39 is 0 Å². The lowest BCUT2D eigenvalue weighted by Gasteiger charge is -2.34. The molecule has 1 N–H and O–H groups in total. The molecule has 3 aromatic carbocycles. The summed E-state index contributed by atoms with van der Waals surface area (Å²) >= 11 is 1.60. The summed E-state index contributed by atoms with van der Waals surface area (Å²) in [5.74, 6) is -0.0906. The number of carbonyl (C=O) groups excluding carboxylic acids is 1. The highest BCUT2D eigenvalue weighted by Gasteiger charge is 2.20. The van der Waals surface area contributed by atoms with Crippen molar-refractivity contribution in [2.45, 2.75) is 38.8 Å². The van der Waals surface area contributed by atoms with Gasteiger partial charge in [0, 0.05) is 23.8 Å². The predicted octanol–water partition coefficient (Wildman–Crippen LogP) is 7.43. The van der Waals surface area contributed by atoms with E-state index in [1.54, 1.807) is 11.3 Å². The Bertz CT molecular complexity index is 1250. The van der Waals surface area contributed by atoms with Crippen LogP contribution in [-0.2, 0) is 6.54 Å². The first-order valence-corrected chi connectivity index (χ1v) is 12.1. The van der Waals surface area contributed by atoms with Gasteiger partial charge in [-0.3, -0.25) is 9.69 Å². The van der Waals surface area contributed by atoms with Crippen LogP contribution in [0.25, 0.3) is 21.3 Å². The molecule has 178 valence electrons. The Morgan fingerprint density at radius 3 is 2.68 bits per heavy atom. The van der Waals surface area contributed by atoms with Crippen LogP contribution in [-0.4, -0.2) is 28.4 Å². The molecule has 0 radical (unpaired) electrons. The molecule has 1 aliphatic heterocycles. The van der Waals surface area contributed by atoms with Gasteiger partial charge in [-0.15, -0.1) is 36.2 Å². The number of hydrogen-bond donors (Lipinski definition) is 1. The maximum absolute atomic E-state index is 13.1. The third-order valence-electron chi connectivity index (χ3n) is 6.35. The van der Waals surface area contributed by atoms with Gasteiger partial charge in [0.1, 0.15) is 0 Å². The summed E-state index contributed by atoms with van der Waals surface area (Å²) in [4.78, 5) is 20.0. The molecule has 5 rings (SSSR count). The molecule has 1 fully saturated rings. The molecule has 4 nitrogen and oxygen atoms in total.